The molecule has 22 aliphatic heterocycles. The molecule has 0 aliphatic carbocycles. The molecule has 404 valence electrons. The Bertz CT molecular complexity index is 1660. The summed E-state index contributed by atoms with van der Waals surface area (Å²) in [4.78, 5) is 0. The first kappa shape index (κ1) is 56.0. The molecule has 0 radical (unpaired) electrons. The number of nitrogens with zero attached hydrogens (tertiary/aromatic N) is 1. The third-order valence-corrected chi connectivity index (χ3v) is 13.2. The van der Waals surface area contributed by atoms with Gasteiger partial charge in [-0.2, -0.15) is 5.26 Å². The van der Waals surface area contributed by atoms with Crippen molar-refractivity contribution in [1.29, 1.82) is 5.26 Å². The fraction of sp³-hybridized carbons (Fsp3) is 0.974. The van der Waals surface area contributed by atoms with Gasteiger partial charge in [-0.1, -0.05) is 0 Å². The number of ether oxygens (including phenoxy) is 13. The molecule has 70 heavy (non-hydrogen) atoms. The van der Waals surface area contributed by atoms with Crippen molar-refractivity contribution in [3.8, 4) is 6.07 Å². The Kier molecular flexibility index (Phi) is 19.5. The number of aliphatic hydroxyl groups excluding tert-OH is 17. The number of aliphatic hydroxyl groups is 17. The molecule has 22 saturated heterocycles. The lowest BCUT2D eigenvalue weighted by Gasteiger charge is -2.51. The second-order valence-electron chi connectivity index (χ2n) is 17.6. The van der Waals surface area contributed by atoms with Crippen molar-refractivity contribution >= 4 is 0 Å². The van der Waals surface area contributed by atoms with Gasteiger partial charge in [-0.05, 0) is 0 Å². The quantitative estimate of drug-likeness (QED) is 0.0954. The van der Waals surface area contributed by atoms with E-state index in [1.807, 2.05) is 6.07 Å². The van der Waals surface area contributed by atoms with Crippen molar-refractivity contribution in [2.45, 2.75) is 191 Å². The molecule has 0 aromatic carbocycles. The summed E-state index contributed by atoms with van der Waals surface area (Å²) < 4.78 is 74.7. The molecule has 0 aromatic heterocycles. The molecule has 31 nitrogen and oxygen atoms in total. The van der Waals surface area contributed by atoms with Crippen LogP contribution in [0.4, 0.5) is 0 Å². The van der Waals surface area contributed by atoms with Crippen molar-refractivity contribution < 1.29 is 148 Å². The van der Waals surface area contributed by atoms with E-state index in [4.69, 9.17) is 61.6 Å². The molecule has 0 aromatic rings. The largest absolute Gasteiger partial charge is 0.394 e. The van der Waals surface area contributed by atoms with Gasteiger partial charge in [0, 0.05) is 0 Å². The third-order valence-electron chi connectivity index (χ3n) is 13.2. The standard InChI is InChI=1S/C39H63NO30/c40-2-1-3-58-33-26(57)39-64-15(9-46)32(33)70-38-25(56)20(51)30(13(7-44)63-38)68-36-23(54)18(49)28(11(5-42)61-36)66-34-21(52)16(47)27(10(4-41)59-34)65-35-22(53)17(48)29(12(6-43)60-35)67-37-24(55)19(50)31(69-39)14(8-45)62-37/h10-39,41-57H,1,3-9H2/t10-,11-,12-,13-,14-,15-,16-,17-,18-,19-,20-,21-,22-,23-,24-,25-,26-,27-,28-,29-,30-,31-,32+,33-,34-,35-,36-,37-,38-,39-/m1/s1. The van der Waals surface area contributed by atoms with Crippen LogP contribution in [-0.2, 0) is 61.6 Å². The van der Waals surface area contributed by atoms with Crippen LogP contribution in [0.2, 0.25) is 0 Å². The Balaban J connectivity index is 1.21. The highest BCUT2D eigenvalue weighted by Gasteiger charge is 2.59. The zero-order chi connectivity index (χ0) is 50.9. The van der Waals surface area contributed by atoms with Crippen molar-refractivity contribution in [3.63, 3.8) is 0 Å². The smallest absolute Gasteiger partial charge is 0.187 e. The average Bonchev–Trinajstić information content (AvgIpc) is 3.35. The SMILES string of the molecule is N#CCCO[C@@H]1[C@@H](O)[C@H]2O[C@H]3[C@H](O)[C@@H](O)[C@@H](O[C@H]4[C@H](O)[C@@H](O)[C@@H](O[C@H]5[C@H](O)[C@@H](O)[C@@H](O[C@H]6[C@H](O)[C@@H](O)[C@@H](O[C@H]7[C@H](O)[C@@H](O)[C@@H](O[C@H]1[C@@H](CO)O2)O[C@@H]7CO)O[C@@H]6CO)O[C@@H]5CO)O[C@@H]4CO)O[C@@H]3CO. The normalized spacial score (nSPS) is 52.7. The van der Waals surface area contributed by atoms with Gasteiger partial charge >= 0.3 is 0 Å². The summed E-state index contributed by atoms with van der Waals surface area (Å²) in [5.74, 6) is 0. The van der Waals surface area contributed by atoms with Crippen LogP contribution in [0, 0.1) is 11.3 Å². The Labute approximate surface area is 396 Å². The molecular weight excluding hydrogens is 962 g/mol. The summed E-state index contributed by atoms with van der Waals surface area (Å²) in [5, 5.41) is 196. The van der Waals surface area contributed by atoms with Crippen molar-refractivity contribution in [1.82, 2.24) is 0 Å². The highest BCUT2D eigenvalue weighted by molar-refractivity contribution is 5.01. The van der Waals surface area contributed by atoms with Crippen LogP contribution in [0.5, 0.6) is 0 Å². The fourth-order valence-corrected chi connectivity index (χ4v) is 9.34. The predicted molar refractivity (Wildman–Crippen MR) is 210 cm³/mol. The summed E-state index contributed by atoms with van der Waals surface area (Å²) in [7, 11) is 0. The van der Waals surface area contributed by atoms with Crippen molar-refractivity contribution in [3.05, 3.63) is 0 Å². The van der Waals surface area contributed by atoms with Gasteiger partial charge in [0.05, 0.1) is 58.7 Å². The highest BCUT2D eigenvalue weighted by atomic mass is 16.8. The zero-order valence-electron chi connectivity index (χ0n) is 36.8. The number of rotatable bonds is 9. The van der Waals surface area contributed by atoms with Crippen molar-refractivity contribution in [2.75, 3.05) is 46.2 Å². The molecule has 22 rings (SSSR count). The molecule has 22 heterocycles. The lowest BCUT2D eigenvalue weighted by molar-refractivity contribution is -0.404. The first-order valence-electron chi connectivity index (χ1n) is 22.4. The van der Waals surface area contributed by atoms with E-state index in [-0.39, 0.29) is 6.42 Å². The Morgan fingerprint density at radius 2 is 0.514 bits per heavy atom. The van der Waals surface area contributed by atoms with Gasteiger partial charge in [-0.15, -0.1) is 0 Å². The fourth-order valence-electron chi connectivity index (χ4n) is 9.34. The molecule has 30 atom stereocenters. The first-order chi connectivity index (χ1) is 33.5. The Morgan fingerprint density at radius 1 is 0.300 bits per heavy atom. The van der Waals surface area contributed by atoms with E-state index in [9.17, 15) is 92.1 Å². The Hall–Kier alpha value is -1.71. The van der Waals surface area contributed by atoms with E-state index < -0.39 is 230 Å². The van der Waals surface area contributed by atoms with Crippen LogP contribution in [0.15, 0.2) is 0 Å². The number of hydrogen-bond donors (Lipinski definition) is 17. The van der Waals surface area contributed by atoms with Gasteiger partial charge in [0.2, 0.25) is 0 Å². The van der Waals surface area contributed by atoms with Gasteiger partial charge in [-0.25, -0.2) is 0 Å². The molecule has 31 heteroatoms. The van der Waals surface area contributed by atoms with Gasteiger partial charge < -0.3 is 148 Å². The maximum absolute atomic E-state index is 11.7. The molecule has 0 amide bonds. The summed E-state index contributed by atoms with van der Waals surface area (Å²) in [6.45, 7) is -6.38. The summed E-state index contributed by atoms with van der Waals surface area (Å²) >= 11 is 0. The molecule has 22 fully saturated rings. The third kappa shape index (κ3) is 11.1. The van der Waals surface area contributed by atoms with E-state index in [2.05, 4.69) is 0 Å². The molecule has 0 saturated carbocycles. The average molecular weight is 1030 g/mol. The molecule has 0 spiro atoms. The summed E-state index contributed by atoms with van der Waals surface area (Å²) in [5.41, 5.74) is 0. The molecule has 0 unspecified atom stereocenters. The molecular formula is C39H63NO30. The minimum absolute atomic E-state index is 0.269. The molecule has 12 bridgehead atoms. The highest BCUT2D eigenvalue weighted by Crippen LogP contribution is 2.38. The van der Waals surface area contributed by atoms with Crippen LogP contribution >= 0.6 is 0 Å². The van der Waals surface area contributed by atoms with Crippen molar-refractivity contribution in [2.24, 2.45) is 0 Å². The van der Waals surface area contributed by atoms with Gasteiger partial charge in [0.1, 0.15) is 146 Å². The second kappa shape index (κ2) is 24.3. The van der Waals surface area contributed by atoms with E-state index in [1.54, 1.807) is 0 Å². The summed E-state index contributed by atoms with van der Waals surface area (Å²) in [6.07, 6.45) is -58.1. The second-order valence-corrected chi connectivity index (χ2v) is 17.6. The van der Waals surface area contributed by atoms with E-state index in [0.29, 0.717) is 0 Å². The van der Waals surface area contributed by atoms with E-state index in [0.717, 1.165) is 0 Å². The van der Waals surface area contributed by atoms with Crippen LogP contribution in [0.25, 0.3) is 0 Å². The van der Waals surface area contributed by atoms with Crippen LogP contribution in [-0.4, -0.2) is 317 Å². The summed E-state index contributed by atoms with van der Waals surface area (Å²) in [6, 6.07) is 1.83. The lowest BCUT2D eigenvalue weighted by atomic mass is 9.94. The molecule has 17 N–H and O–H groups in total. The lowest BCUT2D eigenvalue weighted by Crippen LogP contribution is -2.69. The van der Waals surface area contributed by atoms with Crippen LogP contribution < -0.4 is 0 Å². The van der Waals surface area contributed by atoms with Crippen LogP contribution in [0.3, 0.4) is 0 Å². The van der Waals surface area contributed by atoms with Gasteiger partial charge in [0.15, 0.2) is 37.7 Å². The maximum Gasteiger partial charge on any atom is 0.187 e. The minimum atomic E-state index is -2.16. The molecule has 22 aliphatic rings. The van der Waals surface area contributed by atoms with E-state index >= 15 is 0 Å². The minimum Gasteiger partial charge on any atom is -0.394 e. The van der Waals surface area contributed by atoms with E-state index in [1.165, 1.54) is 0 Å². The number of hydrogen-bond acceptors (Lipinski definition) is 31. The van der Waals surface area contributed by atoms with Gasteiger partial charge in [-0.3, -0.25) is 0 Å². The first-order valence-corrected chi connectivity index (χ1v) is 22.4. The van der Waals surface area contributed by atoms with Gasteiger partial charge in [0.25, 0.3) is 0 Å². The maximum atomic E-state index is 11.7. The topological polar surface area (TPSA) is 488 Å². The monoisotopic (exact) mass is 1030 g/mol. The predicted octanol–water partition coefficient (Wildman–Crippen LogP) is -12.1. The zero-order valence-corrected chi connectivity index (χ0v) is 36.8. The number of nitriles is 1. The Morgan fingerprint density at radius 3 is 0.743 bits per heavy atom. The van der Waals surface area contributed by atoms with Crippen LogP contribution in [0.1, 0.15) is 6.42 Å².